The highest BCUT2D eigenvalue weighted by Gasteiger charge is 2.13. The van der Waals surface area contributed by atoms with Gasteiger partial charge < -0.3 is 0 Å². The van der Waals surface area contributed by atoms with Crippen molar-refractivity contribution in [3.05, 3.63) is 70.3 Å². The number of Topliss-reactive ketones (excluding diaryl/α,β-unsaturated/α-hetero) is 1. The molecule has 1 heteroatoms. The number of hydrogen-bond donors (Lipinski definition) is 0. The molecule has 1 aliphatic rings. The Labute approximate surface area is 114 Å². The molecule has 2 aromatic rings. The molecule has 1 nitrogen and oxygen atoms in total. The van der Waals surface area contributed by atoms with Crippen LogP contribution in [0, 0.1) is 6.92 Å². The molecule has 2 aromatic carbocycles. The van der Waals surface area contributed by atoms with Crippen LogP contribution in [0.1, 0.15) is 39.0 Å². The zero-order valence-electron chi connectivity index (χ0n) is 11.3. The molecule has 0 N–H and O–H groups in total. The Balaban J connectivity index is 1.80. The van der Waals surface area contributed by atoms with E-state index in [1.165, 1.54) is 30.4 Å². The van der Waals surface area contributed by atoms with Gasteiger partial charge in [0, 0.05) is 12.0 Å². The van der Waals surface area contributed by atoms with Crippen LogP contribution in [0.4, 0.5) is 0 Å². The van der Waals surface area contributed by atoms with E-state index in [0.29, 0.717) is 6.42 Å². The van der Waals surface area contributed by atoms with E-state index in [4.69, 9.17) is 0 Å². The van der Waals surface area contributed by atoms with Crippen LogP contribution < -0.4 is 0 Å². The van der Waals surface area contributed by atoms with Crippen molar-refractivity contribution in [3.8, 4) is 0 Å². The second-order valence-electron chi connectivity index (χ2n) is 5.43. The first kappa shape index (κ1) is 12.2. The quantitative estimate of drug-likeness (QED) is 0.755. The molecular formula is C18H18O. The summed E-state index contributed by atoms with van der Waals surface area (Å²) in [7, 11) is 0. The van der Waals surface area contributed by atoms with E-state index >= 15 is 0 Å². The van der Waals surface area contributed by atoms with Gasteiger partial charge in [0.25, 0.3) is 0 Å². The summed E-state index contributed by atoms with van der Waals surface area (Å²) in [4.78, 5) is 12.3. The van der Waals surface area contributed by atoms with Crippen LogP contribution >= 0.6 is 0 Å². The first-order valence-corrected chi connectivity index (χ1v) is 6.93. The topological polar surface area (TPSA) is 17.1 Å². The molecule has 0 fully saturated rings. The largest absolute Gasteiger partial charge is 0.294 e. The summed E-state index contributed by atoms with van der Waals surface area (Å²) in [6, 6.07) is 14.4. The maximum absolute atomic E-state index is 12.3. The highest BCUT2D eigenvalue weighted by atomic mass is 16.1. The molecule has 0 heterocycles. The van der Waals surface area contributed by atoms with E-state index in [0.717, 1.165) is 16.7 Å². The van der Waals surface area contributed by atoms with Gasteiger partial charge in [-0.15, -0.1) is 0 Å². The molecule has 0 saturated carbocycles. The lowest BCUT2D eigenvalue weighted by molar-refractivity contribution is 0.0993. The number of benzene rings is 2. The number of rotatable bonds is 3. The predicted octanol–water partition coefficient (Wildman–Crippen LogP) is 3.91. The lowest BCUT2D eigenvalue weighted by atomic mass is 9.99. The van der Waals surface area contributed by atoms with Gasteiger partial charge in [-0.2, -0.15) is 0 Å². The van der Waals surface area contributed by atoms with Crippen LogP contribution in [0.2, 0.25) is 0 Å². The van der Waals surface area contributed by atoms with Gasteiger partial charge in [0.15, 0.2) is 5.78 Å². The summed E-state index contributed by atoms with van der Waals surface area (Å²) in [6.45, 7) is 2.02. The maximum atomic E-state index is 12.3. The standard InChI is InChI=1S/C18H18O/c1-13-4-2-7-17(10-13)18(19)12-14-8-9-15-5-3-6-16(15)11-14/h2,4,7-11H,3,5-6,12H2,1H3. The van der Waals surface area contributed by atoms with Gasteiger partial charge >= 0.3 is 0 Å². The lowest BCUT2D eigenvalue weighted by Gasteiger charge is -2.05. The van der Waals surface area contributed by atoms with Crippen molar-refractivity contribution in [2.45, 2.75) is 32.6 Å². The fourth-order valence-corrected chi connectivity index (χ4v) is 2.84. The third kappa shape index (κ3) is 2.60. The van der Waals surface area contributed by atoms with Crippen LogP contribution in [0.15, 0.2) is 42.5 Å². The predicted molar refractivity (Wildman–Crippen MR) is 77.7 cm³/mol. The maximum Gasteiger partial charge on any atom is 0.167 e. The van der Waals surface area contributed by atoms with E-state index in [9.17, 15) is 4.79 Å². The molecule has 0 unspecified atom stereocenters. The molecule has 0 aromatic heterocycles. The van der Waals surface area contributed by atoms with Crippen LogP contribution in [-0.2, 0) is 19.3 Å². The van der Waals surface area contributed by atoms with Gasteiger partial charge in [-0.3, -0.25) is 4.79 Å². The summed E-state index contributed by atoms with van der Waals surface area (Å²) in [5.74, 6) is 0.210. The van der Waals surface area contributed by atoms with Gasteiger partial charge in [0.1, 0.15) is 0 Å². The van der Waals surface area contributed by atoms with Crippen LogP contribution in [0.5, 0.6) is 0 Å². The second kappa shape index (κ2) is 5.00. The highest BCUT2D eigenvalue weighted by Crippen LogP contribution is 2.23. The molecule has 0 atom stereocenters. The Morgan fingerprint density at radius 2 is 1.89 bits per heavy atom. The van der Waals surface area contributed by atoms with Gasteiger partial charge in [0.05, 0.1) is 0 Å². The van der Waals surface area contributed by atoms with Crippen LogP contribution in [0.3, 0.4) is 0 Å². The highest BCUT2D eigenvalue weighted by molar-refractivity contribution is 5.97. The zero-order chi connectivity index (χ0) is 13.2. The van der Waals surface area contributed by atoms with Crippen molar-refractivity contribution < 1.29 is 4.79 Å². The molecule has 1 aliphatic carbocycles. The zero-order valence-corrected chi connectivity index (χ0v) is 11.3. The summed E-state index contributed by atoms with van der Waals surface area (Å²) in [5, 5.41) is 0. The molecule has 96 valence electrons. The van der Waals surface area contributed by atoms with Gasteiger partial charge in [-0.05, 0) is 48.9 Å². The van der Waals surface area contributed by atoms with Crippen LogP contribution in [-0.4, -0.2) is 5.78 Å². The van der Waals surface area contributed by atoms with Crippen LogP contribution in [0.25, 0.3) is 0 Å². The number of hydrogen-bond acceptors (Lipinski definition) is 1. The number of carbonyl (C=O) groups is 1. The van der Waals surface area contributed by atoms with Crippen molar-refractivity contribution in [1.29, 1.82) is 0 Å². The minimum Gasteiger partial charge on any atom is -0.294 e. The average Bonchev–Trinajstić information content (AvgIpc) is 2.86. The smallest absolute Gasteiger partial charge is 0.167 e. The first-order valence-electron chi connectivity index (χ1n) is 6.93. The minimum absolute atomic E-state index is 0.210. The normalized spacial score (nSPS) is 13.3. The molecule has 0 radical (unpaired) electrons. The first-order chi connectivity index (χ1) is 9.22. The fraction of sp³-hybridized carbons (Fsp3) is 0.278. The Hall–Kier alpha value is -1.89. The average molecular weight is 250 g/mol. The fourth-order valence-electron chi connectivity index (χ4n) is 2.84. The number of ketones is 1. The van der Waals surface area contributed by atoms with Gasteiger partial charge in [-0.1, -0.05) is 42.0 Å². The van der Waals surface area contributed by atoms with Gasteiger partial charge in [-0.25, -0.2) is 0 Å². The second-order valence-corrected chi connectivity index (χ2v) is 5.43. The molecule has 0 aliphatic heterocycles. The van der Waals surface area contributed by atoms with E-state index < -0.39 is 0 Å². The van der Waals surface area contributed by atoms with Crippen molar-refractivity contribution in [2.75, 3.05) is 0 Å². The molecule has 0 saturated heterocycles. The molecule has 19 heavy (non-hydrogen) atoms. The molecule has 0 spiro atoms. The third-order valence-electron chi connectivity index (χ3n) is 3.87. The molecule has 3 rings (SSSR count). The van der Waals surface area contributed by atoms with Crippen molar-refractivity contribution in [2.24, 2.45) is 0 Å². The Bertz CT molecular complexity index is 625. The van der Waals surface area contributed by atoms with E-state index in [1.54, 1.807) is 0 Å². The van der Waals surface area contributed by atoms with E-state index in [-0.39, 0.29) is 5.78 Å². The number of aryl methyl sites for hydroxylation is 3. The molecule has 0 bridgehead atoms. The Kier molecular flexibility index (Phi) is 3.20. The Morgan fingerprint density at radius 3 is 2.74 bits per heavy atom. The summed E-state index contributed by atoms with van der Waals surface area (Å²) in [5.41, 5.74) is 6.01. The van der Waals surface area contributed by atoms with Crippen molar-refractivity contribution in [3.63, 3.8) is 0 Å². The molecule has 0 amide bonds. The lowest BCUT2D eigenvalue weighted by Crippen LogP contribution is -2.04. The number of carbonyl (C=O) groups excluding carboxylic acids is 1. The Morgan fingerprint density at radius 1 is 1.05 bits per heavy atom. The van der Waals surface area contributed by atoms with E-state index in [1.807, 2.05) is 31.2 Å². The minimum atomic E-state index is 0.210. The molecular weight excluding hydrogens is 232 g/mol. The summed E-state index contributed by atoms with van der Waals surface area (Å²) in [6.07, 6.45) is 4.13. The number of fused-ring (bicyclic) bond motifs is 1. The summed E-state index contributed by atoms with van der Waals surface area (Å²) >= 11 is 0. The monoisotopic (exact) mass is 250 g/mol. The van der Waals surface area contributed by atoms with Gasteiger partial charge in [0.2, 0.25) is 0 Å². The summed E-state index contributed by atoms with van der Waals surface area (Å²) < 4.78 is 0. The SMILES string of the molecule is Cc1cccc(C(=O)Cc2ccc3c(c2)CCC3)c1. The van der Waals surface area contributed by atoms with E-state index in [2.05, 4.69) is 18.2 Å². The van der Waals surface area contributed by atoms with Crippen molar-refractivity contribution in [1.82, 2.24) is 0 Å². The third-order valence-corrected chi connectivity index (χ3v) is 3.87. The van der Waals surface area contributed by atoms with Crippen molar-refractivity contribution >= 4 is 5.78 Å².